The zero-order valence-corrected chi connectivity index (χ0v) is 7.83. The van der Waals surface area contributed by atoms with E-state index in [-0.39, 0.29) is 5.92 Å². The lowest BCUT2D eigenvalue weighted by Crippen LogP contribution is -2.01. The summed E-state index contributed by atoms with van der Waals surface area (Å²) in [7, 11) is 0. The molecule has 14 heavy (non-hydrogen) atoms. The molecule has 0 radical (unpaired) electrons. The predicted octanol–water partition coefficient (Wildman–Crippen LogP) is 3.10. The van der Waals surface area contributed by atoms with Crippen molar-refractivity contribution >= 4 is 5.69 Å². The molecule has 1 fully saturated rings. The first-order valence-electron chi connectivity index (χ1n) is 5.01. The van der Waals surface area contributed by atoms with Gasteiger partial charge in [-0.2, -0.15) is 0 Å². The summed E-state index contributed by atoms with van der Waals surface area (Å²) in [5.41, 5.74) is 10.1. The van der Waals surface area contributed by atoms with Crippen LogP contribution in [0.25, 0.3) is 0 Å². The normalized spacial score (nSPS) is 31.1. The van der Waals surface area contributed by atoms with Crippen molar-refractivity contribution in [3.05, 3.63) is 41.2 Å². The smallest absolute Gasteiger partial charge is 0.0871 e. The highest BCUT2D eigenvalue weighted by atomic mass is 19.1. The van der Waals surface area contributed by atoms with Gasteiger partial charge in [0.1, 0.15) is 0 Å². The Kier molecular flexibility index (Phi) is 1.49. The lowest BCUT2D eigenvalue weighted by molar-refractivity contribution is 0.693. The molecule has 2 unspecified atom stereocenters. The first-order valence-corrected chi connectivity index (χ1v) is 5.01. The molecule has 2 aliphatic carbocycles. The molecule has 1 aromatic rings. The SMILES string of the molecule is Nc1cccc2c1C1CCC2/C1=C\F. The van der Waals surface area contributed by atoms with E-state index in [1.165, 1.54) is 11.1 Å². The van der Waals surface area contributed by atoms with Crippen molar-refractivity contribution in [2.45, 2.75) is 24.7 Å². The highest BCUT2D eigenvalue weighted by Crippen LogP contribution is 2.58. The Morgan fingerprint density at radius 3 is 2.79 bits per heavy atom. The summed E-state index contributed by atoms with van der Waals surface area (Å²) in [5.74, 6) is 0.574. The molecule has 2 aliphatic rings. The quantitative estimate of drug-likeness (QED) is 0.623. The maximum Gasteiger partial charge on any atom is 0.0871 e. The van der Waals surface area contributed by atoms with Crippen molar-refractivity contribution in [1.29, 1.82) is 0 Å². The molecule has 2 heteroatoms. The standard InChI is InChI=1S/C12H12FN/c13-6-10-7-4-5-9(10)12-8(7)2-1-3-11(12)14/h1-3,6-7,9H,4-5,14H2/b10-6+. The molecule has 2 bridgehead atoms. The molecular formula is C12H12FN. The zero-order valence-electron chi connectivity index (χ0n) is 7.83. The van der Waals surface area contributed by atoms with Gasteiger partial charge in [0, 0.05) is 17.5 Å². The molecule has 2 N–H and O–H groups in total. The third-order valence-corrected chi connectivity index (χ3v) is 3.57. The summed E-state index contributed by atoms with van der Waals surface area (Å²) < 4.78 is 12.7. The third-order valence-electron chi connectivity index (χ3n) is 3.57. The van der Waals surface area contributed by atoms with Crippen LogP contribution in [0.3, 0.4) is 0 Å². The number of hydrogen-bond donors (Lipinski definition) is 1. The Labute approximate surface area is 82.4 Å². The summed E-state index contributed by atoms with van der Waals surface area (Å²) in [4.78, 5) is 0. The van der Waals surface area contributed by atoms with E-state index >= 15 is 0 Å². The monoisotopic (exact) mass is 189 g/mol. The van der Waals surface area contributed by atoms with Gasteiger partial charge in [-0.1, -0.05) is 12.1 Å². The molecule has 0 aliphatic heterocycles. The fourth-order valence-electron chi connectivity index (χ4n) is 3.02. The summed E-state index contributed by atoms with van der Waals surface area (Å²) in [5, 5.41) is 0. The summed E-state index contributed by atoms with van der Waals surface area (Å²) in [6, 6.07) is 5.96. The molecule has 0 amide bonds. The molecule has 72 valence electrons. The van der Waals surface area contributed by atoms with Crippen molar-refractivity contribution < 1.29 is 4.39 Å². The molecule has 0 heterocycles. The Hall–Kier alpha value is -1.31. The second-order valence-corrected chi connectivity index (χ2v) is 4.14. The van der Waals surface area contributed by atoms with Crippen molar-refractivity contribution in [3.63, 3.8) is 0 Å². The number of fused-ring (bicyclic) bond motifs is 5. The van der Waals surface area contributed by atoms with Gasteiger partial charge in [-0.25, -0.2) is 4.39 Å². The maximum atomic E-state index is 12.7. The van der Waals surface area contributed by atoms with E-state index in [2.05, 4.69) is 6.07 Å². The summed E-state index contributed by atoms with van der Waals surface area (Å²) >= 11 is 0. The van der Waals surface area contributed by atoms with Gasteiger partial charge in [0.2, 0.25) is 0 Å². The third kappa shape index (κ3) is 0.788. The number of nitrogens with two attached hydrogens (primary N) is 1. The van der Waals surface area contributed by atoms with E-state index < -0.39 is 0 Å². The molecular weight excluding hydrogens is 177 g/mol. The van der Waals surface area contributed by atoms with E-state index in [4.69, 9.17) is 5.73 Å². The number of allylic oxidation sites excluding steroid dienone is 1. The van der Waals surface area contributed by atoms with E-state index in [0.29, 0.717) is 5.92 Å². The average Bonchev–Trinajstić information content (AvgIpc) is 2.73. The van der Waals surface area contributed by atoms with Crippen LogP contribution >= 0.6 is 0 Å². The van der Waals surface area contributed by atoms with Gasteiger partial charge in [0.15, 0.2) is 0 Å². The van der Waals surface area contributed by atoms with Gasteiger partial charge in [0.05, 0.1) is 6.33 Å². The fraction of sp³-hybridized carbons (Fsp3) is 0.333. The number of halogens is 1. The van der Waals surface area contributed by atoms with E-state index in [0.717, 1.165) is 30.4 Å². The highest BCUT2D eigenvalue weighted by Gasteiger charge is 2.42. The topological polar surface area (TPSA) is 26.0 Å². The van der Waals surface area contributed by atoms with E-state index in [1.807, 2.05) is 12.1 Å². The van der Waals surface area contributed by atoms with Crippen LogP contribution in [0.4, 0.5) is 10.1 Å². The van der Waals surface area contributed by atoms with Gasteiger partial charge in [0.25, 0.3) is 0 Å². The van der Waals surface area contributed by atoms with Crippen molar-refractivity contribution in [1.82, 2.24) is 0 Å². The maximum absolute atomic E-state index is 12.7. The minimum Gasteiger partial charge on any atom is -0.398 e. The number of hydrogen-bond acceptors (Lipinski definition) is 1. The second kappa shape index (κ2) is 2.59. The van der Waals surface area contributed by atoms with Gasteiger partial charge in [-0.15, -0.1) is 0 Å². The fourth-order valence-corrected chi connectivity index (χ4v) is 3.02. The van der Waals surface area contributed by atoms with E-state index in [9.17, 15) is 4.39 Å². The van der Waals surface area contributed by atoms with Crippen LogP contribution in [0.1, 0.15) is 35.8 Å². The number of benzene rings is 1. The molecule has 0 spiro atoms. The first kappa shape index (κ1) is 8.04. The molecule has 2 atom stereocenters. The van der Waals surface area contributed by atoms with Crippen molar-refractivity contribution in [3.8, 4) is 0 Å². The molecule has 1 aromatic carbocycles. The van der Waals surface area contributed by atoms with Gasteiger partial charge < -0.3 is 5.73 Å². The van der Waals surface area contributed by atoms with Crippen LogP contribution in [-0.4, -0.2) is 0 Å². The summed E-state index contributed by atoms with van der Waals surface area (Å²) in [6.07, 6.45) is 2.93. The average molecular weight is 189 g/mol. The van der Waals surface area contributed by atoms with Crippen molar-refractivity contribution in [2.24, 2.45) is 0 Å². The van der Waals surface area contributed by atoms with E-state index in [1.54, 1.807) is 0 Å². The van der Waals surface area contributed by atoms with Crippen LogP contribution in [0, 0.1) is 0 Å². The number of anilines is 1. The Balaban J connectivity index is 2.26. The van der Waals surface area contributed by atoms with Crippen LogP contribution in [0.2, 0.25) is 0 Å². The Morgan fingerprint density at radius 2 is 2.07 bits per heavy atom. The first-order chi connectivity index (χ1) is 6.83. The van der Waals surface area contributed by atoms with Gasteiger partial charge in [-0.3, -0.25) is 0 Å². The molecule has 1 saturated carbocycles. The lowest BCUT2D eigenvalue weighted by atomic mass is 9.91. The minimum atomic E-state index is 0.265. The number of rotatable bonds is 0. The molecule has 0 saturated heterocycles. The zero-order chi connectivity index (χ0) is 9.71. The summed E-state index contributed by atoms with van der Waals surface area (Å²) in [6.45, 7) is 0. The number of nitrogen functional groups attached to an aromatic ring is 1. The molecule has 3 rings (SSSR count). The van der Waals surface area contributed by atoms with Crippen LogP contribution in [0.15, 0.2) is 30.1 Å². The molecule has 1 nitrogen and oxygen atoms in total. The Morgan fingerprint density at radius 1 is 1.29 bits per heavy atom. The Bertz CT molecular complexity index is 422. The van der Waals surface area contributed by atoms with Crippen molar-refractivity contribution in [2.75, 3.05) is 5.73 Å². The largest absolute Gasteiger partial charge is 0.398 e. The predicted molar refractivity (Wildman–Crippen MR) is 54.8 cm³/mol. The molecule has 0 aromatic heterocycles. The van der Waals surface area contributed by atoms with Crippen LogP contribution < -0.4 is 5.73 Å². The second-order valence-electron chi connectivity index (χ2n) is 4.14. The highest BCUT2D eigenvalue weighted by molar-refractivity contribution is 5.63. The lowest BCUT2D eigenvalue weighted by Gasteiger charge is -2.15. The van der Waals surface area contributed by atoms with Crippen LogP contribution in [0.5, 0.6) is 0 Å². The minimum absolute atomic E-state index is 0.265. The van der Waals surface area contributed by atoms with Crippen LogP contribution in [-0.2, 0) is 0 Å². The van der Waals surface area contributed by atoms with Gasteiger partial charge >= 0.3 is 0 Å². The van der Waals surface area contributed by atoms with Gasteiger partial charge in [-0.05, 0) is 35.6 Å².